The van der Waals surface area contributed by atoms with Crippen LogP contribution in [0.25, 0.3) is 0 Å². The van der Waals surface area contributed by atoms with E-state index in [0.717, 1.165) is 19.3 Å². The van der Waals surface area contributed by atoms with Crippen LogP contribution in [0.3, 0.4) is 0 Å². The van der Waals surface area contributed by atoms with Crippen LogP contribution in [0.4, 0.5) is 0 Å². The van der Waals surface area contributed by atoms with E-state index in [9.17, 15) is 19.8 Å². The molecule has 4 nitrogen and oxygen atoms in total. The van der Waals surface area contributed by atoms with E-state index in [-0.39, 0.29) is 55.3 Å². The first-order valence-corrected chi connectivity index (χ1v) is 7.51. The van der Waals surface area contributed by atoms with Crippen molar-refractivity contribution in [1.82, 2.24) is 0 Å². The van der Waals surface area contributed by atoms with Gasteiger partial charge in [0.25, 0.3) is 0 Å². The fourth-order valence-corrected chi connectivity index (χ4v) is 2.17. The van der Waals surface area contributed by atoms with Gasteiger partial charge in [0, 0.05) is 5.92 Å². The van der Waals surface area contributed by atoms with Gasteiger partial charge in [0.05, 0.1) is 11.9 Å². The van der Waals surface area contributed by atoms with Crippen molar-refractivity contribution in [3.63, 3.8) is 0 Å². The molecule has 0 rings (SSSR count). The number of carbonyl (C=O) groups excluding carboxylic acids is 2. The first-order valence-electron chi connectivity index (χ1n) is 7.51. The molecule has 0 fully saturated rings. The Morgan fingerprint density at radius 3 is 1.45 bits per heavy atom. The van der Waals surface area contributed by atoms with E-state index in [4.69, 9.17) is 0 Å². The predicted molar refractivity (Wildman–Crippen MR) is 75.7 cm³/mol. The standard InChI is InChI=1S/C15H28O4.Ba/c1-2-3-4-5-6-7-8-9-10-11-12-13(14(16)17)15(18)19;/h13H,2-12H2,1H3,(H,16,17)(H,18,19);/q;+2/p-2. The van der Waals surface area contributed by atoms with Crippen LogP contribution in [0, 0.1) is 5.92 Å². The van der Waals surface area contributed by atoms with Crippen LogP contribution >= 0.6 is 0 Å². The number of carbonyl (C=O) groups is 2. The Morgan fingerprint density at radius 1 is 0.750 bits per heavy atom. The Morgan fingerprint density at radius 2 is 1.10 bits per heavy atom. The second-order valence-electron chi connectivity index (χ2n) is 5.16. The Kier molecular flexibility index (Phi) is 18.1. The molecule has 0 aliphatic rings. The molecule has 0 aliphatic carbocycles. The van der Waals surface area contributed by atoms with Crippen molar-refractivity contribution in [2.75, 3.05) is 0 Å². The van der Waals surface area contributed by atoms with Crippen molar-refractivity contribution in [3.05, 3.63) is 0 Å². The van der Waals surface area contributed by atoms with Gasteiger partial charge in [-0.15, -0.1) is 0 Å². The van der Waals surface area contributed by atoms with E-state index in [2.05, 4.69) is 6.92 Å². The molecule has 0 aromatic heterocycles. The molecule has 0 radical (unpaired) electrons. The summed E-state index contributed by atoms with van der Waals surface area (Å²) in [6.07, 6.45) is 11.5. The number of unbranched alkanes of at least 4 members (excludes halogenated alkanes) is 9. The molecule has 0 bridgehead atoms. The molecule has 0 N–H and O–H groups in total. The van der Waals surface area contributed by atoms with Gasteiger partial charge in [0.15, 0.2) is 0 Å². The number of aliphatic carboxylic acids is 2. The fourth-order valence-electron chi connectivity index (χ4n) is 2.17. The monoisotopic (exact) mass is 408 g/mol. The zero-order valence-electron chi connectivity index (χ0n) is 12.7. The molecule has 0 amide bonds. The largest absolute Gasteiger partial charge is 2.00 e. The molecule has 0 spiro atoms. The van der Waals surface area contributed by atoms with Gasteiger partial charge in [0.1, 0.15) is 0 Å². The van der Waals surface area contributed by atoms with Crippen LogP contribution in [0.5, 0.6) is 0 Å². The topological polar surface area (TPSA) is 80.3 Å². The van der Waals surface area contributed by atoms with Crippen LogP contribution in [0.1, 0.15) is 77.6 Å². The minimum atomic E-state index is -1.53. The molecule has 0 aromatic rings. The zero-order valence-corrected chi connectivity index (χ0v) is 17.1. The van der Waals surface area contributed by atoms with Gasteiger partial charge in [-0.3, -0.25) is 0 Å². The molecule has 0 atom stereocenters. The van der Waals surface area contributed by atoms with E-state index in [0.29, 0.717) is 6.42 Å². The first-order chi connectivity index (χ1) is 9.09. The molecular weight excluding hydrogens is 381 g/mol. The molecule has 0 unspecified atom stereocenters. The van der Waals surface area contributed by atoms with Crippen molar-refractivity contribution < 1.29 is 19.8 Å². The molecule has 20 heavy (non-hydrogen) atoms. The summed E-state index contributed by atoms with van der Waals surface area (Å²) in [5, 5.41) is 21.0. The molecule has 0 aromatic carbocycles. The maximum Gasteiger partial charge on any atom is 2.00 e. The molecular formula is C15H26BaO4. The number of rotatable bonds is 13. The Labute approximate surface area is 162 Å². The van der Waals surface area contributed by atoms with E-state index < -0.39 is 17.9 Å². The Hall–Kier alpha value is 0.511. The van der Waals surface area contributed by atoms with Gasteiger partial charge < -0.3 is 19.8 Å². The van der Waals surface area contributed by atoms with Crippen LogP contribution in [0.2, 0.25) is 0 Å². The van der Waals surface area contributed by atoms with Gasteiger partial charge in [-0.05, 0) is 6.42 Å². The van der Waals surface area contributed by atoms with E-state index in [1.54, 1.807) is 0 Å². The molecule has 0 heterocycles. The summed E-state index contributed by atoms with van der Waals surface area (Å²) in [4.78, 5) is 21.0. The molecule has 0 saturated heterocycles. The predicted octanol–water partition coefficient (Wildman–Crippen LogP) is 1.03. The minimum Gasteiger partial charge on any atom is -0.549 e. The Balaban J connectivity index is 0. The summed E-state index contributed by atoms with van der Waals surface area (Å²) in [5.41, 5.74) is 0. The fraction of sp³-hybridized carbons (Fsp3) is 0.867. The number of hydrogen-bond acceptors (Lipinski definition) is 4. The average Bonchev–Trinajstić information content (AvgIpc) is 2.35. The average molecular weight is 408 g/mol. The van der Waals surface area contributed by atoms with Crippen LogP contribution in [-0.4, -0.2) is 60.8 Å². The second kappa shape index (κ2) is 15.9. The van der Waals surface area contributed by atoms with Crippen molar-refractivity contribution in [2.45, 2.75) is 77.6 Å². The summed E-state index contributed by atoms with van der Waals surface area (Å²) in [5.74, 6) is -4.51. The second-order valence-corrected chi connectivity index (χ2v) is 5.16. The van der Waals surface area contributed by atoms with E-state index in [1.807, 2.05) is 0 Å². The third-order valence-electron chi connectivity index (χ3n) is 3.42. The quantitative estimate of drug-likeness (QED) is 0.259. The third-order valence-corrected chi connectivity index (χ3v) is 3.42. The smallest absolute Gasteiger partial charge is 0.549 e. The van der Waals surface area contributed by atoms with Crippen LogP contribution in [-0.2, 0) is 9.59 Å². The van der Waals surface area contributed by atoms with E-state index >= 15 is 0 Å². The van der Waals surface area contributed by atoms with Gasteiger partial charge in [-0.25, -0.2) is 0 Å². The van der Waals surface area contributed by atoms with Gasteiger partial charge >= 0.3 is 48.9 Å². The van der Waals surface area contributed by atoms with Crippen LogP contribution < -0.4 is 10.2 Å². The minimum absolute atomic E-state index is 0. The normalized spacial score (nSPS) is 10.3. The summed E-state index contributed by atoms with van der Waals surface area (Å²) in [6, 6.07) is 0. The van der Waals surface area contributed by atoms with Gasteiger partial charge in [-0.2, -0.15) is 0 Å². The van der Waals surface area contributed by atoms with Gasteiger partial charge in [0.2, 0.25) is 0 Å². The molecule has 112 valence electrons. The maximum absolute atomic E-state index is 10.5. The van der Waals surface area contributed by atoms with Crippen molar-refractivity contribution >= 4 is 60.8 Å². The van der Waals surface area contributed by atoms with Crippen LogP contribution in [0.15, 0.2) is 0 Å². The zero-order chi connectivity index (χ0) is 14.5. The number of hydrogen-bond donors (Lipinski definition) is 0. The third kappa shape index (κ3) is 13.5. The molecule has 0 saturated carbocycles. The maximum atomic E-state index is 10.5. The Bertz CT molecular complexity index is 242. The number of carboxylic acids is 2. The summed E-state index contributed by atoms with van der Waals surface area (Å²) in [7, 11) is 0. The first kappa shape index (κ1) is 22.8. The van der Waals surface area contributed by atoms with Crippen molar-refractivity contribution in [2.24, 2.45) is 5.92 Å². The molecule has 5 heteroatoms. The molecule has 0 aliphatic heterocycles. The number of carboxylic acid groups (broad SMARTS) is 2. The SMILES string of the molecule is CCCCCCCCCCCCC(C(=O)[O-])C(=O)[O-].[Ba+2]. The summed E-state index contributed by atoms with van der Waals surface area (Å²) >= 11 is 0. The van der Waals surface area contributed by atoms with Crippen molar-refractivity contribution in [1.29, 1.82) is 0 Å². The van der Waals surface area contributed by atoms with Crippen molar-refractivity contribution in [3.8, 4) is 0 Å². The van der Waals surface area contributed by atoms with E-state index in [1.165, 1.54) is 38.5 Å². The summed E-state index contributed by atoms with van der Waals surface area (Å²) < 4.78 is 0. The van der Waals surface area contributed by atoms with Gasteiger partial charge in [-0.1, -0.05) is 71.1 Å². The summed E-state index contributed by atoms with van der Waals surface area (Å²) in [6.45, 7) is 2.20.